The molecular weight excluding hydrogens is 767 g/mol. The lowest BCUT2D eigenvalue weighted by atomic mass is 9.88. The lowest BCUT2D eigenvalue weighted by molar-refractivity contribution is -0.137. The number of amides is 4. The lowest BCUT2D eigenvalue weighted by Gasteiger charge is -2.29. The normalized spacial score (nSPS) is 15.5. The van der Waals surface area contributed by atoms with Gasteiger partial charge in [-0.25, -0.2) is 0 Å². The quantitative estimate of drug-likeness (QED) is 0.0391. The number of allylic oxidation sites excluding steroid dienone is 1. The molecule has 310 valence electrons. The minimum Gasteiger partial charge on any atom is -0.492 e. The number of nitrogens with zero attached hydrogens (tertiary/aromatic N) is 2. The van der Waals surface area contributed by atoms with Crippen LogP contribution in [-0.4, -0.2) is 105 Å². The molecule has 0 aliphatic carbocycles. The van der Waals surface area contributed by atoms with E-state index >= 15 is 0 Å². The van der Waals surface area contributed by atoms with Crippen LogP contribution in [0, 0.1) is 0 Å². The molecule has 4 amide bonds. The van der Waals surface area contributed by atoms with Crippen LogP contribution in [0.4, 0.5) is 0 Å². The number of fused-ring (bicyclic) bond motifs is 1. The van der Waals surface area contributed by atoms with Gasteiger partial charge in [-0.15, -0.1) is 11.8 Å². The Kier molecular flexibility index (Phi) is 16.3. The third-order valence-electron chi connectivity index (χ3n) is 10.3. The third-order valence-corrected chi connectivity index (χ3v) is 11.4. The topological polar surface area (TPSA) is 124 Å². The molecule has 0 bridgehead atoms. The van der Waals surface area contributed by atoms with Crippen LogP contribution in [-0.2, 0) is 35.1 Å². The lowest BCUT2D eigenvalue weighted by Crippen LogP contribution is -2.52. The third kappa shape index (κ3) is 11.9. The molecule has 0 radical (unpaired) electrons. The van der Waals surface area contributed by atoms with Gasteiger partial charge in [0.15, 0.2) is 0 Å². The molecule has 1 N–H and O–H groups in total. The number of imide groups is 1. The molecule has 0 aromatic heterocycles. The summed E-state index contributed by atoms with van der Waals surface area (Å²) < 4.78 is 23.0. The highest BCUT2D eigenvalue weighted by Gasteiger charge is 2.39. The van der Waals surface area contributed by atoms with Crippen molar-refractivity contribution in [2.75, 3.05) is 65.6 Å². The van der Waals surface area contributed by atoms with Crippen molar-refractivity contribution in [2.24, 2.45) is 0 Å². The highest BCUT2D eigenvalue weighted by molar-refractivity contribution is 7.99. The van der Waals surface area contributed by atoms with Gasteiger partial charge < -0.3 is 28.7 Å². The number of ether oxygens (including phenoxy) is 4. The van der Waals surface area contributed by atoms with Crippen LogP contribution >= 0.6 is 11.8 Å². The first-order chi connectivity index (χ1) is 28.8. The first kappa shape index (κ1) is 43.3. The number of thioether (sulfide) groups is 1. The van der Waals surface area contributed by atoms with Gasteiger partial charge in [-0.05, 0) is 70.5 Å². The molecule has 12 heteroatoms. The Labute approximate surface area is 351 Å². The zero-order chi connectivity index (χ0) is 41.4. The molecule has 4 aromatic carbocycles. The number of likely N-dealkylation sites (N-methyl/N-ethyl adjacent to an activating group) is 1. The molecule has 0 spiro atoms. The van der Waals surface area contributed by atoms with Crippen LogP contribution in [0.2, 0.25) is 0 Å². The van der Waals surface area contributed by atoms with E-state index in [2.05, 4.69) is 72.9 Å². The fraction of sp³-hybridized carbons (Fsp3) is 0.362. The van der Waals surface area contributed by atoms with E-state index in [0.29, 0.717) is 77.1 Å². The summed E-state index contributed by atoms with van der Waals surface area (Å²) in [5.74, 6) is 0.542. The molecule has 2 aliphatic heterocycles. The maximum Gasteiger partial charge on any atom is 0.255 e. The number of rotatable bonds is 22. The van der Waals surface area contributed by atoms with Crippen molar-refractivity contribution in [3.63, 3.8) is 0 Å². The average Bonchev–Trinajstić information content (AvgIpc) is 3.59. The Morgan fingerprint density at radius 1 is 0.763 bits per heavy atom. The standard InChI is InChI=1S/C47H53N3O8S/c1-3-38(34-11-6-4-7-12-34)45(35-13-8-5-9-14-35)36-17-19-37(20-18-36)58-26-24-49(2)44(52)23-25-55-27-28-56-29-30-57-31-32-59-42-16-10-15-39-40(42)33-50(47(39)54)41-21-22-43(51)48-46(41)53/h4-20,41H,3,21-33H2,1-2H3,(H,48,51,53)/b45-38-. The van der Waals surface area contributed by atoms with Crippen molar-refractivity contribution in [3.8, 4) is 5.75 Å². The molecule has 1 unspecified atom stereocenters. The fourth-order valence-corrected chi connectivity index (χ4v) is 8.17. The largest absolute Gasteiger partial charge is 0.492 e. The first-order valence-electron chi connectivity index (χ1n) is 20.3. The van der Waals surface area contributed by atoms with Gasteiger partial charge in [0.2, 0.25) is 17.7 Å². The Morgan fingerprint density at radius 2 is 1.41 bits per heavy atom. The van der Waals surface area contributed by atoms with Crippen molar-refractivity contribution in [2.45, 2.75) is 50.1 Å². The molecule has 59 heavy (non-hydrogen) atoms. The van der Waals surface area contributed by atoms with E-state index in [1.165, 1.54) is 22.3 Å². The summed E-state index contributed by atoms with van der Waals surface area (Å²) in [4.78, 5) is 53.9. The second-order valence-corrected chi connectivity index (χ2v) is 15.4. The van der Waals surface area contributed by atoms with Crippen molar-refractivity contribution >= 4 is 46.5 Å². The molecule has 2 heterocycles. The second kappa shape index (κ2) is 22.2. The van der Waals surface area contributed by atoms with E-state index in [9.17, 15) is 19.2 Å². The van der Waals surface area contributed by atoms with E-state index in [0.717, 1.165) is 28.2 Å². The van der Waals surface area contributed by atoms with Crippen LogP contribution < -0.4 is 10.1 Å². The predicted molar refractivity (Wildman–Crippen MR) is 229 cm³/mol. The summed E-state index contributed by atoms with van der Waals surface area (Å²) in [7, 11) is 1.77. The highest BCUT2D eigenvalue weighted by atomic mass is 32.2. The van der Waals surface area contributed by atoms with Crippen LogP contribution in [0.15, 0.2) is 108 Å². The number of nitrogens with one attached hydrogen (secondary N) is 1. The summed E-state index contributed by atoms with van der Waals surface area (Å²) in [6, 6.07) is 34.2. The second-order valence-electron chi connectivity index (χ2n) is 14.2. The smallest absolute Gasteiger partial charge is 0.255 e. The maximum absolute atomic E-state index is 13.0. The van der Waals surface area contributed by atoms with Gasteiger partial charge in [0.1, 0.15) is 18.4 Å². The number of hydrogen-bond donors (Lipinski definition) is 1. The van der Waals surface area contributed by atoms with Gasteiger partial charge in [0, 0.05) is 36.2 Å². The van der Waals surface area contributed by atoms with E-state index in [-0.39, 0.29) is 30.6 Å². The number of piperidine rings is 1. The molecule has 2 aliphatic rings. The monoisotopic (exact) mass is 819 g/mol. The van der Waals surface area contributed by atoms with E-state index in [1.807, 2.05) is 36.4 Å². The molecule has 0 saturated carbocycles. The molecule has 6 rings (SSSR count). The zero-order valence-corrected chi connectivity index (χ0v) is 34.7. The highest BCUT2D eigenvalue weighted by Crippen LogP contribution is 2.36. The molecule has 4 aromatic rings. The van der Waals surface area contributed by atoms with Gasteiger partial charge >= 0.3 is 0 Å². The Balaban J connectivity index is 0.811. The summed E-state index contributed by atoms with van der Waals surface area (Å²) in [5.41, 5.74) is 7.51. The van der Waals surface area contributed by atoms with Crippen molar-refractivity contribution in [1.82, 2.24) is 15.1 Å². The molecule has 11 nitrogen and oxygen atoms in total. The van der Waals surface area contributed by atoms with Gasteiger partial charge in [-0.3, -0.25) is 24.5 Å². The summed E-state index contributed by atoms with van der Waals surface area (Å²) in [6.45, 7) is 5.83. The Bertz CT molecular complexity index is 2060. The van der Waals surface area contributed by atoms with Crippen molar-refractivity contribution in [1.29, 1.82) is 0 Å². The number of carbonyl (C=O) groups excluding carboxylic acids is 4. The van der Waals surface area contributed by atoms with E-state index in [4.69, 9.17) is 18.9 Å². The van der Waals surface area contributed by atoms with Crippen LogP contribution in [0.3, 0.4) is 0 Å². The summed E-state index contributed by atoms with van der Waals surface area (Å²) in [6.07, 6.45) is 1.74. The first-order valence-corrected chi connectivity index (χ1v) is 21.3. The molecule has 1 atom stereocenters. The van der Waals surface area contributed by atoms with Gasteiger partial charge in [-0.1, -0.05) is 85.8 Å². The van der Waals surface area contributed by atoms with E-state index < -0.39 is 11.9 Å². The Morgan fingerprint density at radius 3 is 2.08 bits per heavy atom. The van der Waals surface area contributed by atoms with Crippen LogP contribution in [0.1, 0.15) is 65.2 Å². The minimum absolute atomic E-state index is 0.0134. The van der Waals surface area contributed by atoms with Gasteiger partial charge in [-0.2, -0.15) is 0 Å². The maximum atomic E-state index is 13.0. The predicted octanol–water partition coefficient (Wildman–Crippen LogP) is 6.89. The van der Waals surface area contributed by atoms with E-state index in [1.54, 1.807) is 34.7 Å². The van der Waals surface area contributed by atoms with Crippen molar-refractivity contribution in [3.05, 3.63) is 131 Å². The Hall–Kier alpha value is -5.27. The van der Waals surface area contributed by atoms with Gasteiger partial charge in [0.05, 0.1) is 52.6 Å². The van der Waals surface area contributed by atoms with Crippen molar-refractivity contribution < 1.29 is 38.1 Å². The molecule has 1 fully saturated rings. The molecule has 1 saturated heterocycles. The number of benzene rings is 4. The summed E-state index contributed by atoms with van der Waals surface area (Å²) >= 11 is 1.60. The summed E-state index contributed by atoms with van der Waals surface area (Å²) in [5, 5.41) is 2.34. The molecular formula is C47H53N3O8S. The zero-order valence-electron chi connectivity index (χ0n) is 33.9. The number of hydrogen-bond acceptors (Lipinski definition) is 9. The average molecular weight is 820 g/mol. The van der Waals surface area contributed by atoms with Crippen LogP contribution in [0.25, 0.3) is 11.1 Å². The van der Waals surface area contributed by atoms with Crippen LogP contribution in [0.5, 0.6) is 5.75 Å². The van der Waals surface area contributed by atoms with Gasteiger partial charge in [0.25, 0.3) is 5.91 Å². The number of carbonyl (C=O) groups is 4. The SMILES string of the molecule is CC/C(=C(\c1ccccc1)c1ccc(OCCN(C)C(=O)CCOCCOCCOCCSc2cccc3c2CN(C2CCC(=O)NC2=O)C3=O)cc1)c1ccccc1. The minimum atomic E-state index is -0.630. The fourth-order valence-electron chi connectivity index (χ4n) is 7.22.